The normalized spacial score (nSPS) is 13.1. The maximum absolute atomic E-state index is 10.8. The molecule has 1 aromatic heterocycles. The number of carbonyl (C=O) groups is 1. The van der Waals surface area contributed by atoms with Crippen molar-refractivity contribution in [2.45, 2.75) is 20.4 Å². The lowest BCUT2D eigenvalue weighted by atomic mass is 10.1. The standard InChI is InChI=1S/C14H19N3O2/c1-9(14(18)19)7-17(3)8-11-4-5-12-13(6-11)16-10(2)15-12/h4-6,9H,7-8H2,1-3H3,(H,15,16)(H,18,19). The number of imidazole rings is 1. The van der Waals surface area contributed by atoms with Crippen LogP contribution in [0.15, 0.2) is 18.2 Å². The summed E-state index contributed by atoms with van der Waals surface area (Å²) in [5.41, 5.74) is 3.13. The van der Waals surface area contributed by atoms with Gasteiger partial charge in [0.25, 0.3) is 0 Å². The van der Waals surface area contributed by atoms with Crippen LogP contribution in [0.1, 0.15) is 18.3 Å². The Morgan fingerprint density at radius 3 is 2.95 bits per heavy atom. The van der Waals surface area contributed by atoms with E-state index in [1.54, 1.807) is 6.92 Å². The van der Waals surface area contributed by atoms with Crippen molar-refractivity contribution in [3.8, 4) is 0 Å². The number of aromatic nitrogens is 2. The number of aryl methyl sites for hydroxylation is 1. The van der Waals surface area contributed by atoms with Gasteiger partial charge in [-0.2, -0.15) is 0 Å². The second-order valence-corrected chi connectivity index (χ2v) is 5.11. The van der Waals surface area contributed by atoms with E-state index in [1.165, 1.54) is 0 Å². The number of H-pyrrole nitrogens is 1. The highest BCUT2D eigenvalue weighted by Gasteiger charge is 2.13. The Bertz CT molecular complexity index is 591. The summed E-state index contributed by atoms with van der Waals surface area (Å²) >= 11 is 0. The van der Waals surface area contributed by atoms with Gasteiger partial charge in [0.05, 0.1) is 17.0 Å². The number of aromatic amines is 1. The van der Waals surface area contributed by atoms with Gasteiger partial charge in [0, 0.05) is 13.1 Å². The van der Waals surface area contributed by atoms with E-state index in [4.69, 9.17) is 5.11 Å². The van der Waals surface area contributed by atoms with Crippen LogP contribution in [0.4, 0.5) is 0 Å². The van der Waals surface area contributed by atoms with E-state index in [0.29, 0.717) is 6.54 Å². The summed E-state index contributed by atoms with van der Waals surface area (Å²) in [6, 6.07) is 6.09. The molecular formula is C14H19N3O2. The van der Waals surface area contributed by atoms with E-state index in [2.05, 4.69) is 16.0 Å². The third-order valence-electron chi connectivity index (χ3n) is 3.12. The minimum absolute atomic E-state index is 0.358. The van der Waals surface area contributed by atoms with Gasteiger partial charge in [-0.1, -0.05) is 13.0 Å². The van der Waals surface area contributed by atoms with Gasteiger partial charge in [-0.05, 0) is 31.7 Å². The zero-order valence-corrected chi connectivity index (χ0v) is 11.5. The Hall–Kier alpha value is -1.88. The summed E-state index contributed by atoms with van der Waals surface area (Å²) in [6.07, 6.45) is 0. The predicted octanol–water partition coefficient (Wildman–Crippen LogP) is 2.02. The van der Waals surface area contributed by atoms with Crippen LogP contribution in [0, 0.1) is 12.8 Å². The summed E-state index contributed by atoms with van der Waals surface area (Å²) in [7, 11) is 1.93. The van der Waals surface area contributed by atoms with Crippen molar-refractivity contribution >= 4 is 17.0 Å². The quantitative estimate of drug-likeness (QED) is 0.864. The van der Waals surface area contributed by atoms with Crippen LogP contribution in [-0.2, 0) is 11.3 Å². The number of benzene rings is 1. The molecular weight excluding hydrogens is 242 g/mol. The van der Waals surface area contributed by atoms with Crippen molar-refractivity contribution in [1.29, 1.82) is 0 Å². The lowest BCUT2D eigenvalue weighted by Gasteiger charge is -2.19. The van der Waals surface area contributed by atoms with Crippen molar-refractivity contribution < 1.29 is 9.90 Å². The molecule has 0 saturated carbocycles. The van der Waals surface area contributed by atoms with E-state index in [9.17, 15) is 4.79 Å². The Balaban J connectivity index is 2.06. The monoisotopic (exact) mass is 261 g/mol. The van der Waals surface area contributed by atoms with E-state index < -0.39 is 5.97 Å². The van der Waals surface area contributed by atoms with Gasteiger partial charge in [0.1, 0.15) is 5.82 Å². The second-order valence-electron chi connectivity index (χ2n) is 5.11. The number of nitrogens with zero attached hydrogens (tertiary/aromatic N) is 2. The summed E-state index contributed by atoms with van der Waals surface area (Å²) in [5, 5.41) is 8.90. The van der Waals surface area contributed by atoms with Crippen LogP contribution in [0.3, 0.4) is 0 Å². The lowest BCUT2D eigenvalue weighted by Crippen LogP contribution is -2.28. The van der Waals surface area contributed by atoms with E-state index >= 15 is 0 Å². The largest absolute Gasteiger partial charge is 0.481 e. The molecule has 0 aliphatic carbocycles. The minimum Gasteiger partial charge on any atom is -0.481 e. The average molecular weight is 261 g/mol. The Kier molecular flexibility index (Phi) is 3.85. The van der Waals surface area contributed by atoms with Crippen molar-refractivity contribution in [2.75, 3.05) is 13.6 Å². The molecule has 2 N–H and O–H groups in total. The molecule has 0 spiro atoms. The summed E-state index contributed by atoms with van der Waals surface area (Å²) in [6.45, 7) is 4.92. The van der Waals surface area contributed by atoms with Gasteiger partial charge in [-0.15, -0.1) is 0 Å². The highest BCUT2D eigenvalue weighted by molar-refractivity contribution is 5.75. The predicted molar refractivity (Wildman–Crippen MR) is 74.0 cm³/mol. The maximum atomic E-state index is 10.8. The third-order valence-corrected chi connectivity index (χ3v) is 3.12. The molecule has 2 aromatic rings. The SMILES string of the molecule is Cc1nc2ccc(CN(C)CC(C)C(=O)O)cc2[nH]1. The molecule has 1 atom stereocenters. The zero-order chi connectivity index (χ0) is 14.0. The lowest BCUT2D eigenvalue weighted by molar-refractivity contribution is -0.141. The van der Waals surface area contributed by atoms with Gasteiger partial charge < -0.3 is 15.0 Å². The number of carboxylic acid groups (broad SMARTS) is 1. The molecule has 0 aliphatic rings. The summed E-state index contributed by atoms with van der Waals surface area (Å²) in [5.74, 6) is -0.213. The van der Waals surface area contributed by atoms with Crippen LogP contribution in [0.25, 0.3) is 11.0 Å². The molecule has 1 heterocycles. The smallest absolute Gasteiger partial charge is 0.307 e. The molecule has 0 aliphatic heterocycles. The number of carboxylic acids is 1. The summed E-state index contributed by atoms with van der Waals surface area (Å²) < 4.78 is 0. The number of aliphatic carboxylic acids is 1. The molecule has 0 amide bonds. The van der Waals surface area contributed by atoms with E-state index in [-0.39, 0.29) is 5.92 Å². The molecule has 102 valence electrons. The highest BCUT2D eigenvalue weighted by Crippen LogP contribution is 2.15. The van der Waals surface area contributed by atoms with Crippen molar-refractivity contribution in [1.82, 2.24) is 14.9 Å². The van der Waals surface area contributed by atoms with Crippen LogP contribution in [-0.4, -0.2) is 39.5 Å². The number of fused-ring (bicyclic) bond motifs is 1. The Labute approximate surface area is 112 Å². The fraction of sp³-hybridized carbons (Fsp3) is 0.429. The highest BCUT2D eigenvalue weighted by atomic mass is 16.4. The molecule has 19 heavy (non-hydrogen) atoms. The van der Waals surface area contributed by atoms with Crippen LogP contribution in [0.5, 0.6) is 0 Å². The molecule has 1 unspecified atom stereocenters. The number of hydrogen-bond donors (Lipinski definition) is 2. The van der Waals surface area contributed by atoms with Crippen LogP contribution in [0.2, 0.25) is 0 Å². The van der Waals surface area contributed by atoms with E-state index in [1.807, 2.05) is 31.0 Å². The van der Waals surface area contributed by atoms with Gasteiger partial charge in [0.15, 0.2) is 0 Å². The first-order valence-corrected chi connectivity index (χ1v) is 6.32. The third kappa shape index (κ3) is 3.32. The average Bonchev–Trinajstić information content (AvgIpc) is 2.68. The molecule has 1 aromatic carbocycles. The fourth-order valence-electron chi connectivity index (χ4n) is 2.20. The molecule has 5 nitrogen and oxygen atoms in total. The Morgan fingerprint density at radius 1 is 1.53 bits per heavy atom. The van der Waals surface area contributed by atoms with Crippen molar-refractivity contribution in [2.24, 2.45) is 5.92 Å². The first-order valence-electron chi connectivity index (χ1n) is 6.32. The van der Waals surface area contributed by atoms with Gasteiger partial charge in [-0.3, -0.25) is 4.79 Å². The number of nitrogens with one attached hydrogen (secondary N) is 1. The minimum atomic E-state index is -0.758. The number of rotatable bonds is 5. The first kappa shape index (κ1) is 13.5. The molecule has 5 heteroatoms. The second kappa shape index (κ2) is 5.40. The molecule has 0 bridgehead atoms. The van der Waals surface area contributed by atoms with Crippen LogP contribution >= 0.6 is 0 Å². The van der Waals surface area contributed by atoms with Crippen molar-refractivity contribution in [3.05, 3.63) is 29.6 Å². The zero-order valence-electron chi connectivity index (χ0n) is 11.5. The van der Waals surface area contributed by atoms with E-state index in [0.717, 1.165) is 29.0 Å². The van der Waals surface area contributed by atoms with Gasteiger partial charge >= 0.3 is 5.97 Å². The van der Waals surface area contributed by atoms with Gasteiger partial charge in [-0.25, -0.2) is 4.98 Å². The molecule has 0 saturated heterocycles. The summed E-state index contributed by atoms with van der Waals surface area (Å²) in [4.78, 5) is 20.4. The first-order chi connectivity index (χ1) is 8.95. The van der Waals surface area contributed by atoms with Crippen LogP contribution < -0.4 is 0 Å². The van der Waals surface area contributed by atoms with Crippen molar-refractivity contribution in [3.63, 3.8) is 0 Å². The fourth-order valence-corrected chi connectivity index (χ4v) is 2.20. The Morgan fingerprint density at radius 2 is 2.26 bits per heavy atom. The maximum Gasteiger partial charge on any atom is 0.307 e. The topological polar surface area (TPSA) is 69.2 Å². The molecule has 0 radical (unpaired) electrons. The molecule has 0 fully saturated rings. The van der Waals surface area contributed by atoms with Gasteiger partial charge in [0.2, 0.25) is 0 Å². The number of hydrogen-bond acceptors (Lipinski definition) is 3. The molecule has 2 rings (SSSR count).